The van der Waals surface area contributed by atoms with Crippen LogP contribution in [0.3, 0.4) is 0 Å². The zero-order valence-corrected chi connectivity index (χ0v) is 22.1. The quantitative estimate of drug-likeness (QED) is 0.323. The van der Waals surface area contributed by atoms with Gasteiger partial charge < -0.3 is 31.3 Å². The van der Waals surface area contributed by atoms with Gasteiger partial charge in [0.1, 0.15) is 0 Å². The molecule has 0 aromatic heterocycles. The summed E-state index contributed by atoms with van der Waals surface area (Å²) in [6, 6.07) is 0.808. The Morgan fingerprint density at radius 1 is 0.647 bits per heavy atom. The van der Waals surface area contributed by atoms with Crippen LogP contribution in [0.1, 0.15) is 122 Å². The summed E-state index contributed by atoms with van der Waals surface area (Å²) in [5.41, 5.74) is -1.06. The molecule has 6 nitrogen and oxygen atoms in total. The molecule has 6 N–H and O–H groups in total. The van der Waals surface area contributed by atoms with Gasteiger partial charge in [-0.1, -0.05) is 51.9 Å². The molecule has 0 aromatic carbocycles. The maximum Gasteiger partial charge on any atom is 0.0800 e. The van der Waals surface area contributed by atoms with Crippen molar-refractivity contribution in [2.24, 2.45) is 0 Å². The number of nitrogens with one attached hydrogen (secondary N) is 3. The summed E-state index contributed by atoms with van der Waals surface area (Å²) in [6.07, 6.45) is 20.6. The van der Waals surface area contributed by atoms with E-state index in [4.69, 9.17) is 0 Å². The van der Waals surface area contributed by atoms with E-state index in [1.165, 1.54) is 70.6 Å². The molecule has 34 heavy (non-hydrogen) atoms. The second-order valence-corrected chi connectivity index (χ2v) is 11.9. The molecule has 200 valence electrons. The Bertz CT molecular complexity index is 543. The zero-order valence-electron chi connectivity index (χ0n) is 22.1. The minimum Gasteiger partial charge on any atom is -0.389 e. The van der Waals surface area contributed by atoms with E-state index in [2.05, 4.69) is 22.9 Å². The van der Waals surface area contributed by atoms with Crippen molar-refractivity contribution in [2.45, 2.75) is 151 Å². The lowest BCUT2D eigenvalue weighted by Crippen LogP contribution is -2.48. The average molecular weight is 482 g/mol. The van der Waals surface area contributed by atoms with Crippen LogP contribution >= 0.6 is 0 Å². The second kappa shape index (κ2) is 13.9. The molecule has 2 atom stereocenters. The van der Waals surface area contributed by atoms with Gasteiger partial charge in [0.05, 0.1) is 16.8 Å². The summed E-state index contributed by atoms with van der Waals surface area (Å²) >= 11 is 0. The standard InChI is InChI=1S/C10H19NO.C9H17NO.C9H19NO/c12-10(6-2-1-3-7-10)9-5-4-8-11-9;11-9(5-1-2-6-9)8-4-3-7-10-8;1-2-7-10-8-9(11)5-3-4-6-9/h9,11-12H,1-8H2;8,10-11H,1-7H2;10-11H,2-8H2,1H3/t;8-;/m.0./s1. The molecule has 2 saturated heterocycles. The summed E-state index contributed by atoms with van der Waals surface area (Å²) < 4.78 is 0. The highest BCUT2D eigenvalue weighted by Gasteiger charge is 2.40. The van der Waals surface area contributed by atoms with Crippen LogP contribution in [0.5, 0.6) is 0 Å². The van der Waals surface area contributed by atoms with Crippen molar-refractivity contribution in [3.63, 3.8) is 0 Å². The van der Waals surface area contributed by atoms with Crippen LogP contribution in [0.25, 0.3) is 0 Å². The van der Waals surface area contributed by atoms with Gasteiger partial charge in [-0.3, -0.25) is 0 Å². The molecule has 0 amide bonds. The molecule has 5 fully saturated rings. The smallest absolute Gasteiger partial charge is 0.0800 e. The largest absolute Gasteiger partial charge is 0.389 e. The first-order valence-corrected chi connectivity index (χ1v) is 14.7. The van der Waals surface area contributed by atoms with Gasteiger partial charge in [0.25, 0.3) is 0 Å². The summed E-state index contributed by atoms with van der Waals surface area (Å²) in [5.74, 6) is 0. The van der Waals surface area contributed by atoms with Gasteiger partial charge in [-0.25, -0.2) is 0 Å². The van der Waals surface area contributed by atoms with E-state index in [0.717, 1.165) is 71.1 Å². The van der Waals surface area contributed by atoms with E-state index in [-0.39, 0.29) is 16.8 Å². The number of rotatable bonds is 6. The fourth-order valence-corrected chi connectivity index (χ4v) is 6.84. The van der Waals surface area contributed by atoms with Crippen molar-refractivity contribution < 1.29 is 15.3 Å². The first kappa shape index (κ1) is 28.3. The molecule has 3 saturated carbocycles. The monoisotopic (exact) mass is 481 g/mol. The third kappa shape index (κ3) is 8.41. The molecule has 2 aliphatic heterocycles. The molecule has 0 radical (unpaired) electrons. The molecular weight excluding hydrogens is 426 g/mol. The van der Waals surface area contributed by atoms with Crippen LogP contribution in [-0.4, -0.2) is 70.4 Å². The third-order valence-electron chi connectivity index (χ3n) is 9.02. The van der Waals surface area contributed by atoms with E-state index in [1.807, 2.05) is 0 Å². The number of hydrogen-bond acceptors (Lipinski definition) is 6. The van der Waals surface area contributed by atoms with Gasteiger partial charge in [0.2, 0.25) is 0 Å². The fourth-order valence-electron chi connectivity index (χ4n) is 6.84. The van der Waals surface area contributed by atoms with Crippen LogP contribution in [0.2, 0.25) is 0 Å². The van der Waals surface area contributed by atoms with Crippen LogP contribution in [0, 0.1) is 0 Å². The molecule has 6 heteroatoms. The topological polar surface area (TPSA) is 96.8 Å². The Morgan fingerprint density at radius 3 is 1.50 bits per heavy atom. The Hall–Kier alpha value is -0.240. The zero-order chi connectivity index (χ0) is 24.3. The number of aliphatic hydroxyl groups is 3. The van der Waals surface area contributed by atoms with Crippen molar-refractivity contribution in [1.29, 1.82) is 0 Å². The average Bonchev–Trinajstić information content (AvgIpc) is 3.63. The number of hydrogen-bond donors (Lipinski definition) is 6. The summed E-state index contributed by atoms with van der Waals surface area (Å²) in [7, 11) is 0. The molecular formula is C28H55N3O3. The summed E-state index contributed by atoms with van der Waals surface area (Å²) in [4.78, 5) is 0. The van der Waals surface area contributed by atoms with E-state index < -0.39 is 0 Å². The van der Waals surface area contributed by atoms with E-state index >= 15 is 0 Å². The van der Waals surface area contributed by atoms with Gasteiger partial charge in [0, 0.05) is 18.6 Å². The molecule has 5 rings (SSSR count). The maximum absolute atomic E-state index is 10.3. The summed E-state index contributed by atoms with van der Waals surface area (Å²) in [6.45, 7) is 6.18. The Kier molecular flexibility index (Phi) is 11.6. The molecule has 3 aliphatic carbocycles. The highest BCUT2D eigenvalue weighted by molar-refractivity contribution is 4.97. The first-order chi connectivity index (χ1) is 16.4. The Balaban J connectivity index is 0.000000143. The molecule has 1 unspecified atom stereocenters. The van der Waals surface area contributed by atoms with Crippen molar-refractivity contribution in [3.05, 3.63) is 0 Å². The highest BCUT2D eigenvalue weighted by atomic mass is 16.3. The minimum atomic E-state index is -0.366. The van der Waals surface area contributed by atoms with Gasteiger partial charge in [0.15, 0.2) is 0 Å². The van der Waals surface area contributed by atoms with Crippen molar-refractivity contribution >= 4 is 0 Å². The van der Waals surface area contributed by atoms with Gasteiger partial charge >= 0.3 is 0 Å². The Morgan fingerprint density at radius 2 is 1.09 bits per heavy atom. The highest BCUT2D eigenvalue weighted by Crippen LogP contribution is 2.35. The fraction of sp³-hybridized carbons (Fsp3) is 1.00. The van der Waals surface area contributed by atoms with Crippen molar-refractivity contribution in [3.8, 4) is 0 Å². The van der Waals surface area contributed by atoms with E-state index in [0.29, 0.717) is 12.1 Å². The second-order valence-electron chi connectivity index (χ2n) is 11.9. The van der Waals surface area contributed by atoms with Crippen LogP contribution in [-0.2, 0) is 0 Å². The molecule has 5 aliphatic rings. The summed E-state index contributed by atoms with van der Waals surface area (Å²) in [5, 5.41) is 40.4. The lowest BCUT2D eigenvalue weighted by molar-refractivity contribution is -0.0250. The Labute approximate surface area is 209 Å². The predicted octanol–water partition coefficient (Wildman–Crippen LogP) is 3.77. The lowest BCUT2D eigenvalue weighted by Gasteiger charge is -2.37. The van der Waals surface area contributed by atoms with Gasteiger partial charge in [-0.15, -0.1) is 0 Å². The van der Waals surface area contributed by atoms with Gasteiger partial charge in [-0.05, 0) is 90.3 Å². The predicted molar refractivity (Wildman–Crippen MR) is 140 cm³/mol. The van der Waals surface area contributed by atoms with Crippen LogP contribution < -0.4 is 16.0 Å². The first-order valence-electron chi connectivity index (χ1n) is 14.7. The van der Waals surface area contributed by atoms with Crippen LogP contribution in [0.4, 0.5) is 0 Å². The molecule has 2 heterocycles. The van der Waals surface area contributed by atoms with E-state index in [1.54, 1.807) is 0 Å². The SMILES string of the molecule is CCCNCC1(O)CCCC1.OC1(C2CCCN2)CCCCC1.OC1([C@@H]2CCCN2)CCCC1. The van der Waals surface area contributed by atoms with Crippen LogP contribution in [0.15, 0.2) is 0 Å². The lowest BCUT2D eigenvalue weighted by atomic mass is 9.79. The van der Waals surface area contributed by atoms with Gasteiger partial charge in [-0.2, -0.15) is 0 Å². The van der Waals surface area contributed by atoms with Crippen molar-refractivity contribution in [1.82, 2.24) is 16.0 Å². The normalized spacial score (nSPS) is 31.4. The maximum atomic E-state index is 10.3. The molecule has 0 spiro atoms. The van der Waals surface area contributed by atoms with E-state index in [9.17, 15) is 15.3 Å². The minimum absolute atomic E-state index is 0.337. The third-order valence-corrected chi connectivity index (χ3v) is 9.02. The molecule has 0 aromatic rings. The molecule has 0 bridgehead atoms. The van der Waals surface area contributed by atoms with Crippen molar-refractivity contribution in [2.75, 3.05) is 26.2 Å².